The highest BCUT2D eigenvalue weighted by Crippen LogP contribution is 2.27. The molecule has 0 saturated heterocycles. The van der Waals surface area contributed by atoms with Gasteiger partial charge in [-0.3, -0.25) is 0 Å². The van der Waals surface area contributed by atoms with Crippen LogP contribution in [0.1, 0.15) is 15.2 Å². The van der Waals surface area contributed by atoms with Crippen LogP contribution in [0.3, 0.4) is 0 Å². The lowest BCUT2D eigenvalue weighted by Gasteiger charge is -2.00. The van der Waals surface area contributed by atoms with Crippen LogP contribution in [0.25, 0.3) is 10.1 Å². The Morgan fingerprint density at radius 2 is 2.11 bits per heavy atom. The summed E-state index contributed by atoms with van der Waals surface area (Å²) in [7, 11) is -2.41. The molecule has 0 unspecified atom stereocenters. The van der Waals surface area contributed by atoms with Gasteiger partial charge in [-0.05, 0) is 29.1 Å². The van der Waals surface area contributed by atoms with E-state index in [9.17, 15) is 17.6 Å². The second-order valence-corrected chi connectivity index (χ2v) is 7.05. The van der Waals surface area contributed by atoms with Gasteiger partial charge in [-0.2, -0.15) is 0 Å². The number of carbonyl (C=O) groups is 1. The first-order valence-electron chi connectivity index (χ1n) is 5.32. The fourth-order valence-corrected chi connectivity index (χ4v) is 3.40. The number of fused-ring (bicyclic) bond motifs is 1. The minimum atomic E-state index is -3.71. The van der Waals surface area contributed by atoms with E-state index in [1.165, 1.54) is 18.4 Å². The van der Waals surface area contributed by atoms with Gasteiger partial charge in [-0.25, -0.2) is 17.6 Å². The maximum Gasteiger partial charge on any atom is 0.348 e. The van der Waals surface area contributed by atoms with Crippen LogP contribution in [0.4, 0.5) is 4.39 Å². The molecule has 0 saturated carbocycles. The Morgan fingerprint density at radius 3 is 2.74 bits per heavy atom. The predicted molar refractivity (Wildman–Crippen MR) is 71.8 cm³/mol. The van der Waals surface area contributed by atoms with Crippen LogP contribution < -0.4 is 0 Å². The number of sulfone groups is 1. The molecule has 2 aromatic rings. The zero-order valence-corrected chi connectivity index (χ0v) is 11.7. The summed E-state index contributed by atoms with van der Waals surface area (Å²) in [6, 6.07) is 5.24. The van der Waals surface area contributed by atoms with Crippen molar-refractivity contribution in [1.82, 2.24) is 0 Å². The highest BCUT2D eigenvalue weighted by Gasteiger charge is 2.14. The van der Waals surface area contributed by atoms with Crippen LogP contribution in [-0.4, -0.2) is 27.5 Å². The molecule has 0 aliphatic carbocycles. The Kier molecular flexibility index (Phi) is 3.86. The van der Waals surface area contributed by atoms with Gasteiger partial charge in [0.25, 0.3) is 0 Å². The molecule has 1 heterocycles. The van der Waals surface area contributed by atoms with Gasteiger partial charge in [-0.1, -0.05) is 6.07 Å². The summed E-state index contributed by atoms with van der Waals surface area (Å²) < 4.78 is 40.2. The van der Waals surface area contributed by atoms with Crippen LogP contribution in [0.5, 0.6) is 0 Å². The van der Waals surface area contributed by atoms with Gasteiger partial charge in [0.05, 0.1) is 12.9 Å². The number of alkyl halides is 1. The van der Waals surface area contributed by atoms with Gasteiger partial charge in [-0.15, -0.1) is 11.3 Å². The molecule has 0 atom stereocenters. The maximum atomic E-state index is 12.3. The Morgan fingerprint density at radius 1 is 1.37 bits per heavy atom. The van der Waals surface area contributed by atoms with Crippen LogP contribution >= 0.6 is 11.3 Å². The van der Waals surface area contributed by atoms with Gasteiger partial charge < -0.3 is 4.74 Å². The summed E-state index contributed by atoms with van der Waals surface area (Å²) in [5.74, 6) is -0.776. The zero-order chi connectivity index (χ0) is 14.0. The molecule has 102 valence electrons. The molecular weight excluding hydrogens is 291 g/mol. The molecule has 0 aliphatic rings. The third-order valence-electron chi connectivity index (χ3n) is 2.52. The number of carbonyl (C=O) groups excluding carboxylic acids is 1. The average molecular weight is 302 g/mol. The predicted octanol–water partition coefficient (Wildman–Crippen LogP) is 2.53. The number of ether oxygens (including phenoxy) is 1. The summed E-state index contributed by atoms with van der Waals surface area (Å²) in [5, 5.41) is 0.747. The quantitative estimate of drug-likeness (QED) is 0.814. The fourth-order valence-electron chi connectivity index (χ4n) is 1.68. The molecule has 19 heavy (non-hydrogen) atoms. The van der Waals surface area contributed by atoms with Crippen LogP contribution in [-0.2, 0) is 20.3 Å². The Bertz CT molecular complexity index is 718. The van der Waals surface area contributed by atoms with E-state index in [1.54, 1.807) is 24.3 Å². The Labute approximate surface area is 113 Å². The highest BCUT2D eigenvalue weighted by atomic mass is 32.2. The van der Waals surface area contributed by atoms with Crippen molar-refractivity contribution in [3.8, 4) is 0 Å². The monoisotopic (exact) mass is 302 g/mol. The van der Waals surface area contributed by atoms with Crippen molar-refractivity contribution in [1.29, 1.82) is 0 Å². The standard InChI is InChI=1S/C12H11FO4S2/c1-17-12(14)11-5-9-4-8(2-3-10(9)18-11)6-19(15,16)7-13/h2-5H,6-7H2,1H3. The van der Waals surface area contributed by atoms with Gasteiger partial charge in [0.2, 0.25) is 0 Å². The SMILES string of the molecule is COC(=O)c1cc2cc(CS(=O)(=O)CF)ccc2s1. The molecule has 1 aromatic carbocycles. The van der Waals surface area contributed by atoms with Gasteiger partial charge in [0.1, 0.15) is 4.88 Å². The lowest BCUT2D eigenvalue weighted by Crippen LogP contribution is -2.05. The van der Waals surface area contributed by atoms with Gasteiger partial charge in [0, 0.05) is 4.70 Å². The number of esters is 1. The number of halogens is 1. The third kappa shape index (κ3) is 3.10. The second kappa shape index (κ2) is 5.26. The van der Waals surface area contributed by atoms with E-state index in [0.717, 1.165) is 10.1 Å². The normalized spacial score (nSPS) is 11.7. The lowest BCUT2D eigenvalue weighted by atomic mass is 10.2. The first-order chi connectivity index (χ1) is 8.95. The number of hydrogen-bond acceptors (Lipinski definition) is 5. The van der Waals surface area contributed by atoms with Crippen molar-refractivity contribution >= 4 is 37.2 Å². The summed E-state index contributed by atoms with van der Waals surface area (Å²) in [6.07, 6.45) is 0. The molecule has 0 amide bonds. The third-order valence-corrected chi connectivity index (χ3v) is 4.72. The van der Waals surface area contributed by atoms with Crippen molar-refractivity contribution in [3.63, 3.8) is 0 Å². The highest BCUT2D eigenvalue weighted by molar-refractivity contribution is 7.90. The molecule has 0 fully saturated rings. The number of thiophene rings is 1. The molecule has 2 rings (SSSR count). The summed E-state index contributed by atoms with van der Waals surface area (Å²) in [6.45, 7) is 0. The maximum absolute atomic E-state index is 12.3. The van der Waals surface area contributed by atoms with E-state index >= 15 is 0 Å². The molecule has 1 aromatic heterocycles. The number of methoxy groups -OCH3 is 1. The molecule has 0 aliphatic heterocycles. The molecular formula is C12H11FO4S2. The minimum absolute atomic E-state index is 0.344. The number of rotatable bonds is 4. The van der Waals surface area contributed by atoms with E-state index in [0.29, 0.717) is 10.4 Å². The van der Waals surface area contributed by atoms with E-state index in [2.05, 4.69) is 4.74 Å². The minimum Gasteiger partial charge on any atom is -0.465 e. The van der Waals surface area contributed by atoms with E-state index in [1.807, 2.05) is 0 Å². The first-order valence-corrected chi connectivity index (χ1v) is 7.96. The largest absolute Gasteiger partial charge is 0.465 e. The Hall–Kier alpha value is -1.47. The Balaban J connectivity index is 2.38. The summed E-state index contributed by atoms with van der Waals surface area (Å²) in [4.78, 5) is 11.8. The average Bonchev–Trinajstić information content (AvgIpc) is 2.80. The molecule has 4 nitrogen and oxygen atoms in total. The van der Waals surface area contributed by atoms with Gasteiger partial charge in [0.15, 0.2) is 15.8 Å². The summed E-state index contributed by atoms with van der Waals surface area (Å²) >= 11 is 1.26. The zero-order valence-electron chi connectivity index (χ0n) is 10.1. The fraction of sp³-hybridized carbons (Fsp3) is 0.250. The van der Waals surface area contributed by atoms with Crippen molar-refractivity contribution in [2.75, 3.05) is 13.1 Å². The van der Waals surface area contributed by atoms with E-state index in [4.69, 9.17) is 0 Å². The number of hydrogen-bond donors (Lipinski definition) is 0. The first kappa shape index (κ1) is 14.0. The van der Waals surface area contributed by atoms with E-state index in [-0.39, 0.29) is 5.75 Å². The van der Waals surface area contributed by atoms with Crippen molar-refractivity contribution in [3.05, 3.63) is 34.7 Å². The van der Waals surface area contributed by atoms with Gasteiger partial charge >= 0.3 is 5.97 Å². The van der Waals surface area contributed by atoms with Crippen LogP contribution in [0.15, 0.2) is 24.3 Å². The van der Waals surface area contributed by atoms with Crippen LogP contribution in [0.2, 0.25) is 0 Å². The molecule has 7 heteroatoms. The van der Waals surface area contributed by atoms with Crippen molar-refractivity contribution < 1.29 is 22.3 Å². The number of benzene rings is 1. The smallest absolute Gasteiger partial charge is 0.348 e. The van der Waals surface area contributed by atoms with Crippen LogP contribution in [0, 0.1) is 0 Å². The molecule has 0 spiro atoms. The summed E-state index contributed by atoms with van der Waals surface area (Å²) in [5.41, 5.74) is 0.499. The topological polar surface area (TPSA) is 60.4 Å². The van der Waals surface area contributed by atoms with E-state index < -0.39 is 21.8 Å². The van der Waals surface area contributed by atoms with Crippen molar-refractivity contribution in [2.45, 2.75) is 5.75 Å². The molecule has 0 radical (unpaired) electrons. The lowest BCUT2D eigenvalue weighted by molar-refractivity contribution is 0.0606. The second-order valence-electron chi connectivity index (χ2n) is 3.97. The van der Waals surface area contributed by atoms with Crippen molar-refractivity contribution in [2.24, 2.45) is 0 Å². The molecule has 0 bridgehead atoms. The molecule has 0 N–H and O–H groups in total.